The third-order valence-corrected chi connectivity index (χ3v) is 3.09. The molecule has 0 aliphatic rings. The van der Waals surface area contributed by atoms with Crippen LogP contribution in [-0.4, -0.2) is 4.98 Å². The van der Waals surface area contributed by atoms with Gasteiger partial charge in [-0.3, -0.25) is 0 Å². The van der Waals surface area contributed by atoms with Crippen molar-refractivity contribution in [1.29, 1.82) is 5.26 Å². The van der Waals surface area contributed by atoms with Crippen LogP contribution in [0.4, 0.5) is 0 Å². The molecule has 2 nitrogen and oxygen atoms in total. The summed E-state index contributed by atoms with van der Waals surface area (Å²) in [6.07, 6.45) is 0. The smallest absolute Gasteiger partial charge is 0.128 e. The van der Waals surface area contributed by atoms with Crippen molar-refractivity contribution in [1.82, 2.24) is 4.98 Å². The quantitative estimate of drug-likeness (QED) is 0.724. The van der Waals surface area contributed by atoms with E-state index in [1.54, 1.807) is 0 Å². The lowest BCUT2D eigenvalue weighted by Gasteiger charge is -1.99. The summed E-state index contributed by atoms with van der Waals surface area (Å²) >= 11 is 1.52. The Balaban J connectivity index is 3.14. The standard InChI is InChI=1S/C10H14N2S/c1-6(2)9-8(5-11)13-10(12-9)7(3)4/h6-7H,1-4H3. The van der Waals surface area contributed by atoms with E-state index in [0.717, 1.165) is 15.6 Å². The average Bonchev–Trinajstić information content (AvgIpc) is 2.47. The highest BCUT2D eigenvalue weighted by molar-refractivity contribution is 7.12. The van der Waals surface area contributed by atoms with E-state index < -0.39 is 0 Å². The van der Waals surface area contributed by atoms with Gasteiger partial charge in [0.2, 0.25) is 0 Å². The molecule has 0 aromatic carbocycles. The summed E-state index contributed by atoms with van der Waals surface area (Å²) in [5, 5.41) is 9.95. The van der Waals surface area contributed by atoms with E-state index in [1.165, 1.54) is 11.3 Å². The van der Waals surface area contributed by atoms with Crippen LogP contribution in [0.1, 0.15) is 55.1 Å². The fraction of sp³-hybridized carbons (Fsp3) is 0.600. The third kappa shape index (κ3) is 2.07. The van der Waals surface area contributed by atoms with E-state index in [9.17, 15) is 0 Å². The number of thiazole rings is 1. The Morgan fingerprint density at radius 2 is 1.85 bits per heavy atom. The van der Waals surface area contributed by atoms with Gasteiger partial charge in [-0.05, 0) is 5.92 Å². The van der Waals surface area contributed by atoms with Gasteiger partial charge in [0.1, 0.15) is 10.9 Å². The van der Waals surface area contributed by atoms with Gasteiger partial charge in [-0.1, -0.05) is 27.7 Å². The first-order chi connectivity index (χ1) is 6.06. The molecule has 1 heterocycles. The molecule has 13 heavy (non-hydrogen) atoms. The minimum absolute atomic E-state index is 0.346. The Labute approximate surface area is 83.2 Å². The van der Waals surface area contributed by atoms with Gasteiger partial charge in [-0.2, -0.15) is 5.26 Å². The average molecular weight is 194 g/mol. The first-order valence-corrected chi connectivity index (χ1v) is 5.28. The van der Waals surface area contributed by atoms with Gasteiger partial charge in [0, 0.05) is 5.92 Å². The van der Waals surface area contributed by atoms with Gasteiger partial charge in [0.05, 0.1) is 10.7 Å². The molecular weight excluding hydrogens is 180 g/mol. The first-order valence-electron chi connectivity index (χ1n) is 4.47. The highest BCUT2D eigenvalue weighted by Gasteiger charge is 2.15. The van der Waals surface area contributed by atoms with Crippen LogP contribution in [0, 0.1) is 11.3 Å². The summed E-state index contributed by atoms with van der Waals surface area (Å²) < 4.78 is 0. The summed E-state index contributed by atoms with van der Waals surface area (Å²) in [4.78, 5) is 5.25. The maximum absolute atomic E-state index is 8.88. The molecule has 0 spiro atoms. The van der Waals surface area contributed by atoms with E-state index in [1.807, 2.05) is 0 Å². The monoisotopic (exact) mass is 194 g/mol. The van der Waals surface area contributed by atoms with Gasteiger partial charge in [0.25, 0.3) is 0 Å². The Morgan fingerprint density at radius 3 is 2.15 bits per heavy atom. The predicted octanol–water partition coefficient (Wildman–Crippen LogP) is 3.26. The lowest BCUT2D eigenvalue weighted by Crippen LogP contribution is -1.92. The molecule has 0 unspecified atom stereocenters. The highest BCUT2D eigenvalue weighted by Crippen LogP contribution is 2.28. The SMILES string of the molecule is CC(C)c1nc(C(C)C)c(C#N)s1. The summed E-state index contributed by atoms with van der Waals surface area (Å²) in [6, 6.07) is 2.21. The van der Waals surface area contributed by atoms with E-state index in [0.29, 0.717) is 11.8 Å². The van der Waals surface area contributed by atoms with Crippen molar-refractivity contribution >= 4 is 11.3 Å². The maximum Gasteiger partial charge on any atom is 0.128 e. The normalized spacial score (nSPS) is 10.8. The number of nitrogens with zero attached hydrogens (tertiary/aromatic N) is 2. The minimum atomic E-state index is 0.346. The molecule has 0 fully saturated rings. The minimum Gasteiger partial charge on any atom is -0.244 e. The van der Waals surface area contributed by atoms with Crippen molar-refractivity contribution in [3.63, 3.8) is 0 Å². The summed E-state index contributed by atoms with van der Waals surface area (Å²) in [5.41, 5.74) is 0.955. The molecule has 0 aliphatic carbocycles. The number of nitriles is 1. The molecule has 0 amide bonds. The number of hydrogen-bond donors (Lipinski definition) is 0. The number of aromatic nitrogens is 1. The fourth-order valence-corrected chi connectivity index (χ4v) is 2.09. The van der Waals surface area contributed by atoms with Crippen LogP contribution in [-0.2, 0) is 0 Å². The van der Waals surface area contributed by atoms with Crippen LogP contribution in [0.2, 0.25) is 0 Å². The largest absolute Gasteiger partial charge is 0.244 e. The zero-order valence-corrected chi connectivity index (χ0v) is 9.27. The second-order valence-corrected chi connectivity index (χ2v) is 4.72. The lowest BCUT2D eigenvalue weighted by atomic mass is 10.1. The Hall–Kier alpha value is -0.880. The van der Waals surface area contributed by atoms with Crippen molar-refractivity contribution in [2.45, 2.75) is 39.5 Å². The molecule has 0 bridgehead atoms. The molecule has 1 aromatic heterocycles. The van der Waals surface area contributed by atoms with E-state index in [4.69, 9.17) is 5.26 Å². The zero-order valence-electron chi connectivity index (χ0n) is 8.46. The molecule has 70 valence electrons. The summed E-state index contributed by atoms with van der Waals surface area (Å²) in [7, 11) is 0. The molecular formula is C10H14N2S. The van der Waals surface area contributed by atoms with Gasteiger partial charge < -0.3 is 0 Å². The predicted molar refractivity (Wildman–Crippen MR) is 55.0 cm³/mol. The second-order valence-electron chi connectivity index (χ2n) is 3.69. The van der Waals surface area contributed by atoms with Crippen LogP contribution in [0.15, 0.2) is 0 Å². The van der Waals surface area contributed by atoms with Gasteiger partial charge in [-0.15, -0.1) is 11.3 Å². The van der Waals surface area contributed by atoms with Gasteiger partial charge >= 0.3 is 0 Å². The fourth-order valence-electron chi connectivity index (χ4n) is 1.07. The van der Waals surface area contributed by atoms with Crippen molar-refractivity contribution < 1.29 is 0 Å². The second kappa shape index (κ2) is 3.89. The third-order valence-electron chi connectivity index (χ3n) is 1.81. The molecule has 0 atom stereocenters. The Morgan fingerprint density at radius 1 is 1.23 bits per heavy atom. The first kappa shape index (κ1) is 10.2. The summed E-state index contributed by atoms with van der Waals surface area (Å²) in [5.74, 6) is 0.767. The van der Waals surface area contributed by atoms with E-state index >= 15 is 0 Å². The van der Waals surface area contributed by atoms with Crippen LogP contribution < -0.4 is 0 Å². The Bertz CT molecular complexity index is 331. The molecule has 0 N–H and O–H groups in total. The maximum atomic E-state index is 8.88. The van der Waals surface area contributed by atoms with Crippen molar-refractivity contribution in [2.75, 3.05) is 0 Å². The van der Waals surface area contributed by atoms with Crippen molar-refractivity contribution in [3.8, 4) is 6.07 Å². The van der Waals surface area contributed by atoms with Crippen LogP contribution >= 0.6 is 11.3 Å². The van der Waals surface area contributed by atoms with Crippen LogP contribution in [0.3, 0.4) is 0 Å². The van der Waals surface area contributed by atoms with Crippen LogP contribution in [0.25, 0.3) is 0 Å². The lowest BCUT2D eigenvalue weighted by molar-refractivity contribution is 0.791. The summed E-state index contributed by atoms with van der Waals surface area (Å²) in [6.45, 7) is 8.34. The Kier molecular flexibility index (Phi) is 3.05. The van der Waals surface area contributed by atoms with Crippen LogP contribution in [0.5, 0.6) is 0 Å². The molecule has 0 aliphatic heterocycles. The van der Waals surface area contributed by atoms with Gasteiger partial charge in [0.15, 0.2) is 0 Å². The highest BCUT2D eigenvalue weighted by atomic mass is 32.1. The molecule has 1 aromatic rings. The molecule has 1 rings (SSSR count). The van der Waals surface area contributed by atoms with Gasteiger partial charge in [-0.25, -0.2) is 4.98 Å². The topological polar surface area (TPSA) is 36.7 Å². The molecule has 3 heteroatoms. The van der Waals surface area contributed by atoms with E-state index in [-0.39, 0.29) is 0 Å². The molecule has 0 saturated carbocycles. The zero-order chi connectivity index (χ0) is 10.0. The number of rotatable bonds is 2. The molecule has 0 saturated heterocycles. The number of hydrogen-bond acceptors (Lipinski definition) is 3. The van der Waals surface area contributed by atoms with E-state index in [2.05, 4.69) is 38.7 Å². The van der Waals surface area contributed by atoms with Crippen molar-refractivity contribution in [2.24, 2.45) is 0 Å². The van der Waals surface area contributed by atoms with Crippen molar-refractivity contribution in [3.05, 3.63) is 15.6 Å². The molecule has 0 radical (unpaired) electrons.